The molecular formula is C23H18N4Na2O18S4. The Morgan fingerprint density at radius 3 is 1.61 bits per heavy atom. The van der Waals surface area contributed by atoms with Crippen molar-refractivity contribution in [3.05, 3.63) is 65.4 Å². The summed E-state index contributed by atoms with van der Waals surface area (Å²) in [5, 5.41) is 37.1. The van der Waals surface area contributed by atoms with E-state index in [-0.39, 0.29) is 68.8 Å². The summed E-state index contributed by atoms with van der Waals surface area (Å²) in [4.78, 5) is 32.8. The van der Waals surface area contributed by atoms with Crippen molar-refractivity contribution in [2.24, 2.45) is 5.10 Å². The Bertz CT molecular complexity index is 2540. The predicted molar refractivity (Wildman–Crippen MR) is 172 cm³/mol. The van der Waals surface area contributed by atoms with Gasteiger partial charge >= 0.3 is 71.1 Å². The van der Waals surface area contributed by atoms with Crippen LogP contribution in [-0.2, 0) is 50.1 Å². The third-order valence-corrected chi connectivity index (χ3v) is 9.68. The summed E-state index contributed by atoms with van der Waals surface area (Å²) in [5.74, 6) is -6.53. The molecule has 1 amide bonds. The number of hydrazone groups is 1. The number of hydrogen-bond donors (Lipinski definition) is 7. The Morgan fingerprint density at radius 2 is 1.18 bits per heavy atom. The zero-order valence-corrected chi connectivity index (χ0v) is 26.5. The van der Waals surface area contributed by atoms with Gasteiger partial charge in [-0.05, 0) is 48.6 Å². The maximum atomic E-state index is 13.2. The van der Waals surface area contributed by atoms with E-state index in [4.69, 9.17) is 0 Å². The molecule has 28 heteroatoms. The number of carboxylic acids is 2. The molecule has 2 heterocycles. The molecule has 0 atom stereocenters. The Balaban J connectivity index is 0.00000451. The van der Waals surface area contributed by atoms with Gasteiger partial charge in [-0.15, -0.1) is 0 Å². The summed E-state index contributed by atoms with van der Waals surface area (Å²) in [5.41, 5.74) is -5.88. The molecule has 7 N–H and O–H groups in total. The van der Waals surface area contributed by atoms with Crippen LogP contribution in [0.3, 0.4) is 0 Å². The molecule has 51 heavy (non-hydrogen) atoms. The number of hydrogen-bond acceptors (Lipinski definition) is 14. The van der Waals surface area contributed by atoms with Gasteiger partial charge in [0.25, 0.3) is 46.4 Å². The van der Waals surface area contributed by atoms with Crippen molar-refractivity contribution in [3.8, 4) is 11.6 Å². The summed E-state index contributed by atoms with van der Waals surface area (Å²) in [6, 6.07) is 2.82. The molecule has 0 unspecified atom stereocenters. The summed E-state index contributed by atoms with van der Waals surface area (Å²) in [6.07, 6.45) is 2.03. The first kappa shape index (κ1) is 43.8. The quantitative estimate of drug-likeness (QED) is 0.0688. The van der Waals surface area contributed by atoms with Crippen molar-refractivity contribution in [1.29, 1.82) is 0 Å². The molecule has 2 aromatic carbocycles. The molecule has 0 aliphatic carbocycles. The molecule has 1 aromatic heterocycles. The summed E-state index contributed by atoms with van der Waals surface area (Å²) in [7, 11) is -20.5. The SMILES string of the molecule is O=C(O)C1=NN(c2cc(S(=O)(=O)O)ccc2S(=O)(=O)O)C(=O)/C1=C/C=C/c1c(C(=O)O)nn(-c2cc(S(=O)(=O)O)ccc2S(=O)(=O)O)c1O.[NaH].[NaH]. The number of nitrogens with zero attached hydrogens (tertiary/aromatic N) is 4. The van der Waals surface area contributed by atoms with Crippen molar-refractivity contribution in [2.75, 3.05) is 5.01 Å². The van der Waals surface area contributed by atoms with Gasteiger partial charge in [0.2, 0.25) is 5.88 Å². The first-order chi connectivity index (χ1) is 22.3. The third kappa shape index (κ3) is 9.18. The summed E-state index contributed by atoms with van der Waals surface area (Å²) in [6.45, 7) is 0. The fraction of sp³-hybridized carbons (Fsp3) is 0. The van der Waals surface area contributed by atoms with Gasteiger partial charge in [0, 0.05) is 0 Å². The molecule has 0 bridgehead atoms. The van der Waals surface area contributed by atoms with Crippen LogP contribution in [0.1, 0.15) is 16.1 Å². The van der Waals surface area contributed by atoms with Crippen molar-refractivity contribution in [1.82, 2.24) is 9.78 Å². The van der Waals surface area contributed by atoms with E-state index < -0.39 is 118 Å². The average Bonchev–Trinajstić information content (AvgIpc) is 3.47. The molecule has 0 saturated carbocycles. The number of benzene rings is 2. The van der Waals surface area contributed by atoms with Crippen LogP contribution in [0.5, 0.6) is 5.88 Å². The van der Waals surface area contributed by atoms with E-state index in [1.165, 1.54) is 0 Å². The van der Waals surface area contributed by atoms with E-state index in [1.807, 2.05) is 0 Å². The third-order valence-electron chi connectivity index (χ3n) is 6.17. The molecule has 0 saturated heterocycles. The molecule has 0 spiro atoms. The zero-order chi connectivity index (χ0) is 37.0. The molecule has 3 aromatic rings. The average molecular weight is 813 g/mol. The van der Waals surface area contributed by atoms with E-state index in [0.29, 0.717) is 48.6 Å². The fourth-order valence-electron chi connectivity index (χ4n) is 4.11. The number of carbonyl (C=O) groups is 3. The monoisotopic (exact) mass is 812 g/mol. The Hall–Kier alpha value is -3.35. The molecule has 0 radical (unpaired) electrons. The van der Waals surface area contributed by atoms with Crippen LogP contribution >= 0.6 is 0 Å². The second-order valence-electron chi connectivity index (χ2n) is 9.27. The van der Waals surface area contributed by atoms with Crippen LogP contribution in [0, 0.1) is 0 Å². The second kappa shape index (κ2) is 15.3. The molecule has 4 rings (SSSR count). The first-order valence-corrected chi connectivity index (χ1v) is 17.9. The van der Waals surface area contributed by atoms with Gasteiger partial charge < -0.3 is 15.3 Å². The van der Waals surface area contributed by atoms with Gasteiger partial charge in [0.1, 0.15) is 9.79 Å². The predicted octanol–water partition coefficient (Wildman–Crippen LogP) is -1.61. The molecule has 1 aliphatic rings. The Morgan fingerprint density at radius 1 is 0.706 bits per heavy atom. The van der Waals surface area contributed by atoms with Crippen LogP contribution < -0.4 is 5.01 Å². The van der Waals surface area contributed by atoms with Crippen LogP contribution in [0.15, 0.2) is 78.8 Å². The Labute approximate surface area is 330 Å². The number of allylic oxidation sites excluding steroid dienone is 2. The van der Waals surface area contributed by atoms with Crippen LogP contribution in [-0.4, -0.2) is 160 Å². The number of anilines is 1. The standard InChI is InChI=1S/C23H16N4O18S4.2Na.2H/c28-20-12(18(22(30)31)24-26(20)14-8-10(46(34,35)36)4-6-16(14)48(40,41)42)2-1-3-13-19(23(32)33)25-27(21(13)29)15-9-11(47(37,38)39)5-7-17(15)49(43,44)45;;;;/h1-9,28H,(H,30,31)(H,32,33)(H,34,35,36)(H,37,38,39)(H,40,41,42)(H,43,44,45);;;;/b2-1+,13-3+;;;;. The number of aliphatic carboxylic acids is 1. The van der Waals surface area contributed by atoms with Crippen LogP contribution in [0.25, 0.3) is 11.8 Å². The summed E-state index contributed by atoms with van der Waals surface area (Å²) < 4.78 is 132. The van der Waals surface area contributed by atoms with E-state index in [9.17, 15) is 81.6 Å². The van der Waals surface area contributed by atoms with Gasteiger partial charge in [-0.1, -0.05) is 6.08 Å². The van der Waals surface area contributed by atoms with Gasteiger partial charge in [-0.25, -0.2) is 9.59 Å². The topological polar surface area (TPSA) is 363 Å². The molecular weight excluding hydrogens is 795 g/mol. The number of aromatic hydroxyl groups is 1. The number of amides is 1. The van der Waals surface area contributed by atoms with E-state index in [2.05, 4.69) is 10.2 Å². The van der Waals surface area contributed by atoms with Crippen molar-refractivity contribution >= 4 is 135 Å². The number of carbonyl (C=O) groups excluding carboxylic acids is 1. The fourth-order valence-corrected chi connectivity index (χ4v) is 6.41. The second-order valence-corrected chi connectivity index (χ2v) is 14.9. The number of rotatable bonds is 10. The van der Waals surface area contributed by atoms with Gasteiger partial charge in [0.05, 0.1) is 32.3 Å². The number of aromatic carboxylic acids is 1. The van der Waals surface area contributed by atoms with Gasteiger partial charge in [-0.3, -0.25) is 23.0 Å². The van der Waals surface area contributed by atoms with Crippen molar-refractivity contribution in [3.63, 3.8) is 0 Å². The molecule has 22 nitrogen and oxygen atoms in total. The van der Waals surface area contributed by atoms with Crippen molar-refractivity contribution in [2.45, 2.75) is 19.6 Å². The van der Waals surface area contributed by atoms with Gasteiger partial charge in [-0.2, -0.15) is 53.6 Å². The van der Waals surface area contributed by atoms with Crippen molar-refractivity contribution < 1.29 is 81.6 Å². The maximum absolute atomic E-state index is 13.2. The van der Waals surface area contributed by atoms with E-state index in [1.54, 1.807) is 0 Å². The molecule has 264 valence electrons. The minimum absolute atomic E-state index is 0. The van der Waals surface area contributed by atoms with Gasteiger partial charge in [0.15, 0.2) is 11.4 Å². The molecule has 0 fully saturated rings. The normalized spacial score (nSPS) is 14.7. The number of aromatic nitrogens is 2. The summed E-state index contributed by atoms with van der Waals surface area (Å²) >= 11 is 0. The minimum atomic E-state index is -5.24. The van der Waals surface area contributed by atoms with Crippen LogP contribution in [0.2, 0.25) is 0 Å². The number of carboxylic acid groups (broad SMARTS) is 2. The van der Waals surface area contributed by atoms with E-state index in [0.717, 1.165) is 6.08 Å². The van der Waals surface area contributed by atoms with E-state index >= 15 is 0 Å². The first-order valence-electron chi connectivity index (χ1n) is 12.1. The molecule has 1 aliphatic heterocycles. The van der Waals surface area contributed by atoms with Crippen LogP contribution in [0.4, 0.5) is 5.69 Å². The zero-order valence-electron chi connectivity index (χ0n) is 23.2. The Kier molecular flexibility index (Phi) is 13.2.